The summed E-state index contributed by atoms with van der Waals surface area (Å²) in [6.07, 6.45) is 3.01. The van der Waals surface area contributed by atoms with Crippen LogP contribution in [0.25, 0.3) is 0 Å². The lowest BCUT2D eigenvalue weighted by atomic mass is 9.98. The summed E-state index contributed by atoms with van der Waals surface area (Å²) >= 11 is 0. The lowest BCUT2D eigenvalue weighted by molar-refractivity contribution is 0.0818. The number of hydrogen-bond donors (Lipinski definition) is 0. The Balaban J connectivity index is 1.94. The Morgan fingerprint density at radius 3 is 2.88 bits per heavy atom. The minimum absolute atomic E-state index is 0.0899. The first-order chi connectivity index (χ1) is 7.78. The van der Waals surface area contributed by atoms with Gasteiger partial charge in [0.2, 0.25) is 0 Å². The van der Waals surface area contributed by atoms with Gasteiger partial charge in [-0.2, -0.15) is 0 Å². The van der Waals surface area contributed by atoms with E-state index in [1.165, 1.54) is 12.8 Å². The van der Waals surface area contributed by atoms with Gasteiger partial charge in [-0.3, -0.25) is 4.79 Å². The standard InChI is InChI=1S/C13H14O3/c1-15-9-4-5-10-11(14)7-12(8-2-3-8)16-13(10)6-9/h4-6,8,12H,2-3,7H2,1H3/t12-/m0/s1. The van der Waals surface area contributed by atoms with Gasteiger partial charge in [-0.05, 0) is 30.9 Å². The number of benzene rings is 1. The smallest absolute Gasteiger partial charge is 0.170 e. The minimum Gasteiger partial charge on any atom is -0.497 e. The number of hydrogen-bond acceptors (Lipinski definition) is 3. The molecule has 1 aromatic carbocycles. The van der Waals surface area contributed by atoms with Gasteiger partial charge >= 0.3 is 0 Å². The molecule has 0 saturated heterocycles. The molecule has 0 N–H and O–H groups in total. The van der Waals surface area contributed by atoms with Gasteiger partial charge in [-0.15, -0.1) is 0 Å². The monoisotopic (exact) mass is 218 g/mol. The van der Waals surface area contributed by atoms with Crippen molar-refractivity contribution < 1.29 is 14.3 Å². The molecule has 84 valence electrons. The lowest BCUT2D eigenvalue weighted by Gasteiger charge is -2.25. The van der Waals surface area contributed by atoms with Crippen molar-refractivity contribution >= 4 is 5.78 Å². The second-order valence-corrected chi connectivity index (χ2v) is 4.48. The van der Waals surface area contributed by atoms with Crippen molar-refractivity contribution in [3.63, 3.8) is 0 Å². The summed E-state index contributed by atoms with van der Waals surface area (Å²) in [5.74, 6) is 2.21. The Bertz CT molecular complexity index is 435. The Morgan fingerprint density at radius 2 is 2.19 bits per heavy atom. The molecule has 2 aliphatic rings. The SMILES string of the molecule is COc1ccc2c(c1)O[C@H](C1CC1)CC2=O. The molecule has 0 radical (unpaired) electrons. The lowest BCUT2D eigenvalue weighted by Crippen LogP contribution is -2.28. The molecule has 0 aromatic heterocycles. The van der Waals surface area contributed by atoms with Gasteiger partial charge in [-0.1, -0.05) is 0 Å². The maximum atomic E-state index is 11.9. The summed E-state index contributed by atoms with van der Waals surface area (Å²) in [6, 6.07) is 5.40. The summed E-state index contributed by atoms with van der Waals surface area (Å²) in [4.78, 5) is 11.9. The summed E-state index contributed by atoms with van der Waals surface area (Å²) < 4.78 is 11.0. The average Bonchev–Trinajstić information content (AvgIpc) is 3.12. The Kier molecular flexibility index (Phi) is 2.13. The number of rotatable bonds is 2. The first-order valence-electron chi connectivity index (χ1n) is 5.66. The van der Waals surface area contributed by atoms with Gasteiger partial charge in [0.1, 0.15) is 17.6 Å². The molecule has 16 heavy (non-hydrogen) atoms. The van der Waals surface area contributed by atoms with Crippen LogP contribution in [0.15, 0.2) is 18.2 Å². The average molecular weight is 218 g/mol. The van der Waals surface area contributed by atoms with E-state index in [0.29, 0.717) is 23.7 Å². The third-order valence-electron chi connectivity index (χ3n) is 3.30. The number of fused-ring (bicyclic) bond motifs is 1. The van der Waals surface area contributed by atoms with Crippen LogP contribution >= 0.6 is 0 Å². The molecule has 0 amide bonds. The molecule has 3 heteroatoms. The zero-order chi connectivity index (χ0) is 11.1. The minimum atomic E-state index is 0.0899. The second kappa shape index (κ2) is 3.51. The molecule has 0 unspecified atom stereocenters. The topological polar surface area (TPSA) is 35.5 Å². The van der Waals surface area contributed by atoms with E-state index in [4.69, 9.17) is 9.47 Å². The summed E-state index contributed by atoms with van der Waals surface area (Å²) in [5.41, 5.74) is 0.692. The Labute approximate surface area is 94.4 Å². The Morgan fingerprint density at radius 1 is 1.38 bits per heavy atom. The largest absolute Gasteiger partial charge is 0.497 e. The number of ketones is 1. The first kappa shape index (κ1) is 9.70. The van der Waals surface area contributed by atoms with Crippen molar-refractivity contribution in [2.24, 2.45) is 5.92 Å². The van der Waals surface area contributed by atoms with Gasteiger partial charge in [0.15, 0.2) is 5.78 Å². The van der Waals surface area contributed by atoms with Crippen LogP contribution in [0.5, 0.6) is 11.5 Å². The number of carbonyl (C=O) groups is 1. The van der Waals surface area contributed by atoms with E-state index >= 15 is 0 Å². The highest BCUT2D eigenvalue weighted by molar-refractivity contribution is 6.00. The highest BCUT2D eigenvalue weighted by atomic mass is 16.5. The van der Waals surface area contributed by atoms with E-state index in [2.05, 4.69) is 0 Å². The first-order valence-corrected chi connectivity index (χ1v) is 5.66. The number of ether oxygens (including phenoxy) is 2. The van der Waals surface area contributed by atoms with E-state index < -0.39 is 0 Å². The van der Waals surface area contributed by atoms with Crippen LogP contribution in [0.1, 0.15) is 29.6 Å². The summed E-state index contributed by atoms with van der Waals surface area (Å²) in [7, 11) is 1.62. The van der Waals surface area contributed by atoms with Crippen molar-refractivity contribution in [3.05, 3.63) is 23.8 Å². The summed E-state index contributed by atoms with van der Waals surface area (Å²) in [5, 5.41) is 0. The zero-order valence-corrected chi connectivity index (χ0v) is 9.23. The highest BCUT2D eigenvalue weighted by Gasteiger charge is 2.38. The van der Waals surface area contributed by atoms with Crippen LogP contribution in [-0.2, 0) is 0 Å². The van der Waals surface area contributed by atoms with Crippen molar-refractivity contribution in [2.75, 3.05) is 7.11 Å². The molecule has 3 nitrogen and oxygen atoms in total. The molecule has 1 aromatic rings. The number of carbonyl (C=O) groups excluding carboxylic acids is 1. The molecule has 1 atom stereocenters. The van der Waals surface area contributed by atoms with E-state index in [1.54, 1.807) is 19.2 Å². The van der Waals surface area contributed by atoms with Gasteiger partial charge < -0.3 is 9.47 Å². The van der Waals surface area contributed by atoms with E-state index in [0.717, 1.165) is 5.75 Å². The zero-order valence-electron chi connectivity index (χ0n) is 9.23. The molecule has 1 saturated carbocycles. The van der Waals surface area contributed by atoms with E-state index in [1.807, 2.05) is 6.07 Å². The third kappa shape index (κ3) is 1.56. The van der Waals surface area contributed by atoms with Crippen molar-refractivity contribution in [3.8, 4) is 11.5 Å². The van der Waals surface area contributed by atoms with Crippen LogP contribution in [0.2, 0.25) is 0 Å². The Hall–Kier alpha value is -1.51. The molecule has 0 bridgehead atoms. The maximum absolute atomic E-state index is 11.9. The molecular formula is C13H14O3. The quantitative estimate of drug-likeness (QED) is 0.764. The van der Waals surface area contributed by atoms with Gasteiger partial charge in [0.25, 0.3) is 0 Å². The van der Waals surface area contributed by atoms with Gasteiger partial charge in [0, 0.05) is 12.5 Å². The molecule has 1 heterocycles. The predicted octanol–water partition coefficient (Wildman–Crippen LogP) is 2.44. The van der Waals surface area contributed by atoms with Crippen LogP contribution < -0.4 is 9.47 Å². The molecule has 1 aliphatic carbocycles. The molecule has 1 aliphatic heterocycles. The normalized spacial score (nSPS) is 23.6. The van der Waals surface area contributed by atoms with E-state index in [9.17, 15) is 4.79 Å². The van der Waals surface area contributed by atoms with Crippen LogP contribution in [0.3, 0.4) is 0 Å². The fraction of sp³-hybridized carbons (Fsp3) is 0.462. The number of Topliss-reactive ketones (excluding diaryl/α,β-unsaturated/α-hetero) is 1. The van der Waals surface area contributed by atoms with Crippen LogP contribution in [-0.4, -0.2) is 19.0 Å². The highest BCUT2D eigenvalue weighted by Crippen LogP contribution is 2.41. The van der Waals surface area contributed by atoms with Crippen LogP contribution in [0, 0.1) is 5.92 Å². The maximum Gasteiger partial charge on any atom is 0.170 e. The molecule has 1 fully saturated rings. The van der Waals surface area contributed by atoms with Crippen molar-refractivity contribution in [1.29, 1.82) is 0 Å². The van der Waals surface area contributed by atoms with Crippen molar-refractivity contribution in [2.45, 2.75) is 25.4 Å². The van der Waals surface area contributed by atoms with Gasteiger partial charge in [0.05, 0.1) is 12.7 Å². The van der Waals surface area contributed by atoms with Crippen molar-refractivity contribution in [1.82, 2.24) is 0 Å². The van der Waals surface area contributed by atoms with Crippen LogP contribution in [0.4, 0.5) is 0 Å². The second-order valence-electron chi connectivity index (χ2n) is 4.48. The fourth-order valence-electron chi connectivity index (χ4n) is 2.19. The fourth-order valence-corrected chi connectivity index (χ4v) is 2.19. The molecule has 0 spiro atoms. The van der Waals surface area contributed by atoms with E-state index in [-0.39, 0.29) is 11.9 Å². The molecular weight excluding hydrogens is 204 g/mol. The van der Waals surface area contributed by atoms with Gasteiger partial charge in [-0.25, -0.2) is 0 Å². The number of methoxy groups -OCH3 is 1. The molecule has 3 rings (SSSR count). The predicted molar refractivity (Wildman–Crippen MR) is 59.1 cm³/mol. The third-order valence-corrected chi connectivity index (χ3v) is 3.30. The summed E-state index contributed by atoms with van der Waals surface area (Å²) in [6.45, 7) is 0.